The number of hydrogen-bond acceptors (Lipinski definition) is 4. The number of ether oxygens (including phenoxy) is 1. The van der Waals surface area contributed by atoms with Crippen LogP contribution in [0.5, 0.6) is 0 Å². The standard InChI is InChI=1S/C16H17NO3/c1-4-20-16(19)14-11(3)17-10(2)13(15(14)18)12-8-6-5-7-9-12/h5-9,14H,4H2,1-3H3. The van der Waals surface area contributed by atoms with Crippen molar-refractivity contribution in [2.75, 3.05) is 6.61 Å². The van der Waals surface area contributed by atoms with Gasteiger partial charge in [0.05, 0.1) is 6.61 Å². The highest BCUT2D eigenvalue weighted by atomic mass is 16.5. The molecule has 1 aromatic carbocycles. The fraction of sp³-hybridized carbons (Fsp3) is 0.312. The van der Waals surface area contributed by atoms with Crippen molar-refractivity contribution < 1.29 is 14.3 Å². The van der Waals surface area contributed by atoms with Crippen molar-refractivity contribution >= 4 is 23.0 Å². The molecule has 1 aliphatic rings. The van der Waals surface area contributed by atoms with Gasteiger partial charge in [-0.25, -0.2) is 0 Å². The zero-order chi connectivity index (χ0) is 14.7. The molecule has 1 atom stereocenters. The lowest BCUT2D eigenvalue weighted by molar-refractivity contribution is -0.147. The first kappa shape index (κ1) is 14.2. The van der Waals surface area contributed by atoms with Gasteiger partial charge in [-0.2, -0.15) is 0 Å². The number of ketones is 1. The molecule has 4 heteroatoms. The lowest BCUT2D eigenvalue weighted by Gasteiger charge is -2.22. The SMILES string of the molecule is CCOC(=O)C1C(=O)C(c2ccccc2)=C(C)N=C1C. The molecule has 0 aliphatic carbocycles. The Bertz CT molecular complexity index is 599. The molecule has 0 fully saturated rings. The summed E-state index contributed by atoms with van der Waals surface area (Å²) < 4.78 is 4.98. The van der Waals surface area contributed by atoms with Crippen LogP contribution in [0.1, 0.15) is 26.3 Å². The normalized spacial score (nSPS) is 18.9. The smallest absolute Gasteiger partial charge is 0.322 e. The Hall–Kier alpha value is -2.23. The average Bonchev–Trinajstić information content (AvgIpc) is 2.39. The zero-order valence-corrected chi connectivity index (χ0v) is 11.8. The van der Waals surface area contributed by atoms with Gasteiger partial charge in [0.1, 0.15) is 0 Å². The van der Waals surface area contributed by atoms with Crippen molar-refractivity contribution in [3.8, 4) is 0 Å². The number of carbonyl (C=O) groups is 2. The van der Waals surface area contributed by atoms with E-state index in [1.165, 1.54) is 0 Å². The molecule has 0 aromatic heterocycles. The molecule has 1 heterocycles. The minimum atomic E-state index is -0.922. The van der Waals surface area contributed by atoms with Crippen LogP contribution in [-0.2, 0) is 14.3 Å². The quantitative estimate of drug-likeness (QED) is 0.627. The summed E-state index contributed by atoms with van der Waals surface area (Å²) >= 11 is 0. The molecule has 20 heavy (non-hydrogen) atoms. The highest BCUT2D eigenvalue weighted by molar-refractivity contribution is 6.36. The van der Waals surface area contributed by atoms with Gasteiger partial charge in [0.25, 0.3) is 0 Å². The van der Waals surface area contributed by atoms with E-state index >= 15 is 0 Å². The number of aliphatic imine (C=N–C) groups is 1. The van der Waals surface area contributed by atoms with E-state index in [0.717, 1.165) is 5.56 Å². The zero-order valence-electron chi connectivity index (χ0n) is 11.8. The number of esters is 1. The molecule has 1 unspecified atom stereocenters. The molecule has 1 aromatic rings. The molecule has 0 amide bonds. The first-order valence-corrected chi connectivity index (χ1v) is 6.58. The first-order valence-electron chi connectivity index (χ1n) is 6.58. The Balaban J connectivity index is 2.45. The van der Waals surface area contributed by atoms with E-state index in [-0.39, 0.29) is 12.4 Å². The monoisotopic (exact) mass is 271 g/mol. The summed E-state index contributed by atoms with van der Waals surface area (Å²) in [5.41, 5.74) is 2.40. The van der Waals surface area contributed by atoms with Crippen LogP contribution in [-0.4, -0.2) is 24.1 Å². The second-order valence-electron chi connectivity index (χ2n) is 4.63. The molecular formula is C16H17NO3. The van der Waals surface area contributed by atoms with Crippen LogP contribution in [0.4, 0.5) is 0 Å². The van der Waals surface area contributed by atoms with Crippen molar-refractivity contribution in [3.05, 3.63) is 41.6 Å². The minimum Gasteiger partial charge on any atom is -0.465 e. The molecule has 0 saturated heterocycles. The molecule has 0 radical (unpaired) electrons. The van der Waals surface area contributed by atoms with Crippen LogP contribution in [0.15, 0.2) is 41.0 Å². The van der Waals surface area contributed by atoms with E-state index in [2.05, 4.69) is 4.99 Å². The number of nitrogens with zero attached hydrogens (tertiary/aromatic N) is 1. The fourth-order valence-electron chi connectivity index (χ4n) is 2.36. The third kappa shape index (κ3) is 2.54. The van der Waals surface area contributed by atoms with E-state index in [1.807, 2.05) is 30.3 Å². The summed E-state index contributed by atoms with van der Waals surface area (Å²) in [6.45, 7) is 5.44. The lowest BCUT2D eigenvalue weighted by Crippen LogP contribution is -2.35. The van der Waals surface area contributed by atoms with E-state index in [9.17, 15) is 9.59 Å². The maximum Gasteiger partial charge on any atom is 0.322 e. The highest BCUT2D eigenvalue weighted by Crippen LogP contribution is 2.29. The van der Waals surface area contributed by atoms with Crippen molar-refractivity contribution in [1.29, 1.82) is 0 Å². The van der Waals surface area contributed by atoms with E-state index in [1.54, 1.807) is 20.8 Å². The molecule has 0 saturated carbocycles. The Morgan fingerprint density at radius 2 is 1.90 bits per heavy atom. The maximum atomic E-state index is 12.6. The van der Waals surface area contributed by atoms with Crippen LogP contribution >= 0.6 is 0 Å². The Morgan fingerprint density at radius 1 is 1.25 bits per heavy atom. The summed E-state index contributed by atoms with van der Waals surface area (Å²) in [5, 5.41) is 0. The largest absolute Gasteiger partial charge is 0.465 e. The molecule has 4 nitrogen and oxygen atoms in total. The van der Waals surface area contributed by atoms with Crippen molar-refractivity contribution in [2.24, 2.45) is 10.9 Å². The average molecular weight is 271 g/mol. The highest BCUT2D eigenvalue weighted by Gasteiger charge is 2.37. The predicted molar refractivity (Wildman–Crippen MR) is 77.3 cm³/mol. The van der Waals surface area contributed by atoms with Gasteiger partial charge >= 0.3 is 5.97 Å². The van der Waals surface area contributed by atoms with Crippen LogP contribution in [0.25, 0.3) is 5.57 Å². The second kappa shape index (κ2) is 5.82. The molecule has 104 valence electrons. The molecule has 0 N–H and O–H groups in total. The number of allylic oxidation sites excluding steroid dienone is 2. The van der Waals surface area contributed by atoms with Gasteiger partial charge in [-0.15, -0.1) is 0 Å². The van der Waals surface area contributed by atoms with Crippen molar-refractivity contribution in [3.63, 3.8) is 0 Å². The predicted octanol–water partition coefficient (Wildman–Crippen LogP) is 2.64. The van der Waals surface area contributed by atoms with Gasteiger partial charge in [0.2, 0.25) is 0 Å². The van der Waals surface area contributed by atoms with Crippen LogP contribution in [0, 0.1) is 5.92 Å². The van der Waals surface area contributed by atoms with Gasteiger partial charge in [-0.1, -0.05) is 30.3 Å². The van der Waals surface area contributed by atoms with Gasteiger partial charge in [-0.05, 0) is 26.3 Å². The van der Waals surface area contributed by atoms with Crippen molar-refractivity contribution in [1.82, 2.24) is 0 Å². The number of rotatable bonds is 3. The van der Waals surface area contributed by atoms with Gasteiger partial charge in [0, 0.05) is 17.0 Å². The summed E-state index contributed by atoms with van der Waals surface area (Å²) in [5.74, 6) is -1.69. The third-order valence-electron chi connectivity index (χ3n) is 3.22. The summed E-state index contributed by atoms with van der Waals surface area (Å²) in [7, 11) is 0. The number of carbonyl (C=O) groups excluding carboxylic acids is 2. The van der Waals surface area contributed by atoms with Crippen LogP contribution in [0.2, 0.25) is 0 Å². The fourth-order valence-corrected chi connectivity index (χ4v) is 2.36. The van der Waals surface area contributed by atoms with E-state index < -0.39 is 11.9 Å². The third-order valence-corrected chi connectivity index (χ3v) is 3.22. The maximum absolute atomic E-state index is 12.6. The Morgan fingerprint density at radius 3 is 2.50 bits per heavy atom. The van der Waals surface area contributed by atoms with E-state index in [0.29, 0.717) is 17.0 Å². The number of hydrogen-bond donors (Lipinski definition) is 0. The molecule has 1 aliphatic heterocycles. The van der Waals surface area contributed by atoms with Gasteiger partial charge in [0.15, 0.2) is 11.7 Å². The molecule has 0 spiro atoms. The van der Waals surface area contributed by atoms with E-state index in [4.69, 9.17) is 4.74 Å². The molecule has 0 bridgehead atoms. The van der Waals surface area contributed by atoms with Gasteiger partial charge in [-0.3, -0.25) is 14.6 Å². The lowest BCUT2D eigenvalue weighted by atomic mass is 9.86. The Kier molecular flexibility index (Phi) is 4.13. The summed E-state index contributed by atoms with van der Waals surface area (Å²) in [6, 6.07) is 9.27. The summed E-state index contributed by atoms with van der Waals surface area (Å²) in [6.07, 6.45) is 0. The minimum absolute atomic E-state index is 0.236. The second-order valence-corrected chi connectivity index (χ2v) is 4.63. The van der Waals surface area contributed by atoms with Crippen LogP contribution in [0.3, 0.4) is 0 Å². The first-order chi connectivity index (χ1) is 9.56. The number of benzene rings is 1. The molecule has 2 rings (SSSR count). The topological polar surface area (TPSA) is 55.7 Å². The Labute approximate surface area is 118 Å². The molecular weight excluding hydrogens is 254 g/mol. The van der Waals surface area contributed by atoms with Crippen molar-refractivity contribution in [2.45, 2.75) is 20.8 Å². The van der Waals surface area contributed by atoms with Gasteiger partial charge < -0.3 is 4.74 Å². The summed E-state index contributed by atoms with van der Waals surface area (Å²) in [4.78, 5) is 28.9. The number of Topliss-reactive ketones (excluding diaryl/α,β-unsaturated/α-hetero) is 1. The van der Waals surface area contributed by atoms with Crippen LogP contribution < -0.4 is 0 Å².